The van der Waals surface area contributed by atoms with E-state index in [1.54, 1.807) is 11.3 Å². The number of hydrogen-bond donors (Lipinski definition) is 0. The maximum atomic E-state index is 13.0. The van der Waals surface area contributed by atoms with Crippen LogP contribution in [0.15, 0.2) is 41.8 Å². The average molecular weight is 308 g/mol. The predicted molar refractivity (Wildman–Crippen MR) is 89.2 cm³/mol. The first-order chi connectivity index (χ1) is 10.7. The number of nitrogens with zero attached hydrogens (tertiary/aromatic N) is 2. The summed E-state index contributed by atoms with van der Waals surface area (Å²) in [5, 5.41) is 3.05. The van der Waals surface area contributed by atoms with Crippen LogP contribution in [-0.2, 0) is 13.0 Å². The molecule has 0 saturated heterocycles. The summed E-state index contributed by atoms with van der Waals surface area (Å²) in [6.45, 7) is 3.45. The Kier molecular flexibility index (Phi) is 3.19. The van der Waals surface area contributed by atoms with E-state index in [2.05, 4.69) is 16.4 Å². The fourth-order valence-corrected chi connectivity index (χ4v) is 3.97. The van der Waals surface area contributed by atoms with E-state index >= 15 is 0 Å². The summed E-state index contributed by atoms with van der Waals surface area (Å²) in [5.74, 6) is 0.110. The molecule has 0 N–H and O–H groups in total. The lowest BCUT2D eigenvalue weighted by Crippen LogP contribution is -2.35. The Hall–Kier alpha value is -2.20. The molecule has 3 heterocycles. The lowest BCUT2D eigenvalue weighted by molar-refractivity contribution is 0.0737. The normalized spacial score (nSPS) is 14.1. The summed E-state index contributed by atoms with van der Waals surface area (Å²) in [6, 6.07) is 11.9. The molecule has 0 atom stereocenters. The molecule has 0 spiro atoms. The van der Waals surface area contributed by atoms with Crippen molar-refractivity contribution in [2.75, 3.05) is 6.54 Å². The van der Waals surface area contributed by atoms with Crippen LogP contribution in [0.1, 0.15) is 26.5 Å². The summed E-state index contributed by atoms with van der Waals surface area (Å²) >= 11 is 1.79. The van der Waals surface area contributed by atoms with Gasteiger partial charge in [-0.1, -0.05) is 18.2 Å². The zero-order valence-corrected chi connectivity index (χ0v) is 13.2. The van der Waals surface area contributed by atoms with Gasteiger partial charge in [0.25, 0.3) is 5.91 Å². The van der Waals surface area contributed by atoms with E-state index in [-0.39, 0.29) is 5.91 Å². The van der Waals surface area contributed by atoms with Crippen LogP contribution in [0.25, 0.3) is 10.9 Å². The van der Waals surface area contributed by atoms with Crippen LogP contribution in [0, 0.1) is 6.92 Å². The zero-order chi connectivity index (χ0) is 15.1. The molecule has 1 aliphatic heterocycles. The second kappa shape index (κ2) is 5.21. The molecule has 110 valence electrons. The van der Waals surface area contributed by atoms with E-state index < -0.39 is 0 Å². The van der Waals surface area contributed by atoms with E-state index in [0.29, 0.717) is 6.54 Å². The summed E-state index contributed by atoms with van der Waals surface area (Å²) in [4.78, 5) is 20.9. The zero-order valence-electron chi connectivity index (χ0n) is 12.4. The van der Waals surface area contributed by atoms with Gasteiger partial charge in [-0.05, 0) is 42.5 Å². The van der Waals surface area contributed by atoms with Crippen LogP contribution >= 0.6 is 11.3 Å². The molecule has 0 bridgehead atoms. The van der Waals surface area contributed by atoms with Gasteiger partial charge in [-0.15, -0.1) is 11.3 Å². The number of para-hydroxylation sites is 1. The van der Waals surface area contributed by atoms with Crippen molar-refractivity contribution in [3.63, 3.8) is 0 Å². The van der Waals surface area contributed by atoms with E-state index in [4.69, 9.17) is 0 Å². The van der Waals surface area contributed by atoms with Gasteiger partial charge < -0.3 is 4.90 Å². The Morgan fingerprint density at radius 3 is 3.05 bits per heavy atom. The minimum absolute atomic E-state index is 0.110. The monoisotopic (exact) mass is 308 g/mol. The number of hydrogen-bond acceptors (Lipinski definition) is 3. The van der Waals surface area contributed by atoms with Crippen molar-refractivity contribution in [3.8, 4) is 0 Å². The van der Waals surface area contributed by atoms with Gasteiger partial charge in [-0.2, -0.15) is 0 Å². The van der Waals surface area contributed by atoms with Crippen molar-refractivity contribution in [3.05, 3.63) is 63.5 Å². The van der Waals surface area contributed by atoms with Crippen molar-refractivity contribution < 1.29 is 4.79 Å². The third kappa shape index (κ3) is 2.20. The van der Waals surface area contributed by atoms with Crippen molar-refractivity contribution in [2.24, 2.45) is 0 Å². The summed E-state index contributed by atoms with van der Waals surface area (Å²) in [6.07, 6.45) is 0.959. The number of aromatic nitrogens is 1. The Bertz CT molecular complexity index is 868. The lowest BCUT2D eigenvalue weighted by Gasteiger charge is -2.27. The SMILES string of the molecule is Cc1cc(C(=O)N2CCc3sccc3C2)c2ccccc2n1. The van der Waals surface area contributed by atoms with Crippen LogP contribution < -0.4 is 0 Å². The summed E-state index contributed by atoms with van der Waals surface area (Å²) in [7, 11) is 0. The molecule has 1 aromatic carbocycles. The van der Waals surface area contributed by atoms with Gasteiger partial charge in [-0.3, -0.25) is 9.78 Å². The highest BCUT2D eigenvalue weighted by molar-refractivity contribution is 7.10. The number of pyridine rings is 1. The van der Waals surface area contributed by atoms with Crippen LogP contribution in [0.3, 0.4) is 0 Å². The van der Waals surface area contributed by atoms with Crippen molar-refractivity contribution >= 4 is 28.1 Å². The van der Waals surface area contributed by atoms with Crippen molar-refractivity contribution in [1.82, 2.24) is 9.88 Å². The number of aryl methyl sites for hydroxylation is 1. The van der Waals surface area contributed by atoms with Crippen LogP contribution in [0.2, 0.25) is 0 Å². The molecule has 3 nitrogen and oxygen atoms in total. The molecular formula is C18H16N2OS. The highest BCUT2D eigenvalue weighted by atomic mass is 32.1. The standard InChI is InChI=1S/C18H16N2OS/c1-12-10-15(14-4-2-3-5-16(14)19-12)18(21)20-8-6-17-13(11-20)7-9-22-17/h2-5,7,9-10H,6,8,11H2,1H3. The maximum absolute atomic E-state index is 13.0. The summed E-state index contributed by atoms with van der Waals surface area (Å²) in [5.41, 5.74) is 3.83. The van der Waals surface area contributed by atoms with Gasteiger partial charge in [0.15, 0.2) is 0 Å². The molecule has 0 unspecified atom stereocenters. The molecule has 3 aromatic rings. The second-order valence-corrected chi connectivity index (χ2v) is 6.67. The molecule has 1 amide bonds. The highest BCUT2D eigenvalue weighted by Gasteiger charge is 2.24. The fraction of sp³-hybridized carbons (Fsp3) is 0.222. The number of benzene rings is 1. The van der Waals surface area contributed by atoms with Crippen molar-refractivity contribution in [1.29, 1.82) is 0 Å². The number of amides is 1. The molecule has 4 rings (SSSR count). The third-order valence-corrected chi connectivity index (χ3v) is 5.19. The number of carbonyl (C=O) groups excluding carboxylic acids is 1. The first kappa shape index (κ1) is 13.5. The third-order valence-electron chi connectivity index (χ3n) is 4.17. The molecule has 1 aliphatic rings. The van der Waals surface area contributed by atoms with Gasteiger partial charge >= 0.3 is 0 Å². The predicted octanol–water partition coefficient (Wildman–Crippen LogP) is 3.80. The Labute approximate surface area is 133 Å². The fourth-order valence-electron chi connectivity index (χ4n) is 3.08. The molecule has 22 heavy (non-hydrogen) atoms. The lowest BCUT2D eigenvalue weighted by atomic mass is 10.0. The smallest absolute Gasteiger partial charge is 0.254 e. The number of thiophene rings is 1. The Balaban J connectivity index is 1.75. The molecule has 0 fully saturated rings. The maximum Gasteiger partial charge on any atom is 0.254 e. The van der Waals surface area contributed by atoms with E-state index in [1.165, 1.54) is 10.4 Å². The number of carbonyl (C=O) groups is 1. The van der Waals surface area contributed by atoms with Gasteiger partial charge in [-0.25, -0.2) is 0 Å². The average Bonchev–Trinajstić information content (AvgIpc) is 3.00. The minimum atomic E-state index is 0.110. The quantitative estimate of drug-likeness (QED) is 0.685. The Morgan fingerprint density at radius 1 is 1.27 bits per heavy atom. The minimum Gasteiger partial charge on any atom is -0.334 e. The van der Waals surface area contributed by atoms with Crippen molar-refractivity contribution in [2.45, 2.75) is 19.9 Å². The van der Waals surface area contributed by atoms with E-state index in [0.717, 1.165) is 35.1 Å². The number of rotatable bonds is 1. The van der Waals surface area contributed by atoms with Gasteiger partial charge in [0.05, 0.1) is 11.1 Å². The number of fused-ring (bicyclic) bond motifs is 2. The molecule has 4 heteroatoms. The van der Waals surface area contributed by atoms with Crippen LogP contribution in [0.5, 0.6) is 0 Å². The highest BCUT2D eigenvalue weighted by Crippen LogP contribution is 2.26. The molecule has 2 aromatic heterocycles. The first-order valence-electron chi connectivity index (χ1n) is 7.43. The first-order valence-corrected chi connectivity index (χ1v) is 8.31. The Morgan fingerprint density at radius 2 is 2.14 bits per heavy atom. The second-order valence-electron chi connectivity index (χ2n) is 5.67. The van der Waals surface area contributed by atoms with E-state index in [9.17, 15) is 4.79 Å². The largest absolute Gasteiger partial charge is 0.334 e. The van der Waals surface area contributed by atoms with Gasteiger partial charge in [0, 0.05) is 29.0 Å². The van der Waals surface area contributed by atoms with Gasteiger partial charge in [0.1, 0.15) is 0 Å². The molecule has 0 saturated carbocycles. The molecule has 0 radical (unpaired) electrons. The molecular weight excluding hydrogens is 292 g/mol. The molecule has 0 aliphatic carbocycles. The van der Waals surface area contributed by atoms with Crippen LogP contribution in [0.4, 0.5) is 0 Å². The van der Waals surface area contributed by atoms with Gasteiger partial charge in [0.2, 0.25) is 0 Å². The van der Waals surface area contributed by atoms with E-state index in [1.807, 2.05) is 42.2 Å². The van der Waals surface area contributed by atoms with Crippen LogP contribution in [-0.4, -0.2) is 22.3 Å². The topological polar surface area (TPSA) is 33.2 Å². The summed E-state index contributed by atoms with van der Waals surface area (Å²) < 4.78 is 0.